The van der Waals surface area contributed by atoms with Gasteiger partial charge in [0.2, 0.25) is 0 Å². The van der Waals surface area contributed by atoms with Crippen LogP contribution in [-0.4, -0.2) is 17.0 Å². The summed E-state index contributed by atoms with van der Waals surface area (Å²) in [5.41, 5.74) is 4.46. The van der Waals surface area contributed by atoms with E-state index in [1.54, 1.807) is 5.57 Å². The van der Waals surface area contributed by atoms with Crippen molar-refractivity contribution in [3.8, 4) is 0 Å². The van der Waals surface area contributed by atoms with E-state index in [1.807, 2.05) is 0 Å². The number of rotatable bonds is 3. The van der Waals surface area contributed by atoms with Crippen LogP contribution in [-0.2, 0) is 6.54 Å². The zero-order valence-corrected chi connectivity index (χ0v) is 17.3. The Balaban J connectivity index is 1.48. The summed E-state index contributed by atoms with van der Waals surface area (Å²) in [5.74, 6) is 0. The van der Waals surface area contributed by atoms with Crippen molar-refractivity contribution in [3.63, 3.8) is 0 Å². The van der Waals surface area contributed by atoms with Crippen LogP contribution in [0, 0.1) is 0 Å². The lowest BCUT2D eigenvalue weighted by atomic mass is 9.80. The maximum absolute atomic E-state index is 2.76. The lowest BCUT2D eigenvalue weighted by Crippen LogP contribution is -2.47. The predicted molar refractivity (Wildman–Crippen MR) is 127 cm³/mol. The van der Waals surface area contributed by atoms with Gasteiger partial charge in [-0.3, -0.25) is 4.90 Å². The lowest BCUT2D eigenvalue weighted by molar-refractivity contribution is 0.0952. The molecular weight excluding hydrogens is 362 g/mol. The van der Waals surface area contributed by atoms with Crippen molar-refractivity contribution in [1.29, 1.82) is 0 Å². The van der Waals surface area contributed by atoms with Crippen molar-refractivity contribution in [2.24, 2.45) is 0 Å². The molecule has 2 atom stereocenters. The van der Waals surface area contributed by atoms with E-state index >= 15 is 0 Å². The van der Waals surface area contributed by atoms with Crippen LogP contribution in [0.5, 0.6) is 0 Å². The molecule has 6 rings (SSSR count). The molecule has 0 N–H and O–H groups in total. The van der Waals surface area contributed by atoms with Crippen molar-refractivity contribution >= 4 is 27.1 Å². The average molecular weight is 390 g/mol. The zero-order valence-electron chi connectivity index (χ0n) is 17.3. The van der Waals surface area contributed by atoms with Gasteiger partial charge < -0.3 is 0 Å². The van der Waals surface area contributed by atoms with E-state index in [0.29, 0.717) is 12.1 Å². The van der Waals surface area contributed by atoms with E-state index < -0.39 is 0 Å². The summed E-state index contributed by atoms with van der Waals surface area (Å²) in [6.07, 6.45) is 7.69. The first kappa shape index (κ1) is 17.9. The molecule has 0 amide bonds. The number of hydrogen-bond acceptors (Lipinski definition) is 1. The minimum absolute atomic E-state index is 0.547. The number of fused-ring (bicyclic) bond motifs is 4. The molecule has 0 aromatic heterocycles. The molecular formula is C29H27N. The van der Waals surface area contributed by atoms with Crippen LogP contribution in [0.25, 0.3) is 27.1 Å². The van der Waals surface area contributed by atoms with Crippen molar-refractivity contribution in [2.45, 2.75) is 44.3 Å². The van der Waals surface area contributed by atoms with Crippen molar-refractivity contribution < 1.29 is 0 Å². The third-order valence-corrected chi connectivity index (χ3v) is 7.08. The van der Waals surface area contributed by atoms with Gasteiger partial charge in [-0.25, -0.2) is 0 Å². The molecule has 148 valence electrons. The Hall–Kier alpha value is -2.90. The summed E-state index contributed by atoms with van der Waals surface area (Å²) < 4.78 is 0. The average Bonchev–Trinajstić information content (AvgIpc) is 2.78. The Kier molecular flexibility index (Phi) is 4.43. The molecule has 0 aliphatic carbocycles. The van der Waals surface area contributed by atoms with E-state index in [9.17, 15) is 0 Å². The molecule has 1 fully saturated rings. The summed E-state index contributed by atoms with van der Waals surface area (Å²) in [5, 5.41) is 5.50. The highest BCUT2D eigenvalue weighted by Crippen LogP contribution is 2.42. The van der Waals surface area contributed by atoms with Gasteiger partial charge >= 0.3 is 0 Å². The third-order valence-electron chi connectivity index (χ3n) is 7.08. The van der Waals surface area contributed by atoms with Crippen molar-refractivity contribution in [2.75, 3.05) is 0 Å². The van der Waals surface area contributed by atoms with Gasteiger partial charge in [0, 0.05) is 18.6 Å². The van der Waals surface area contributed by atoms with Gasteiger partial charge in [-0.05, 0) is 63.6 Å². The van der Waals surface area contributed by atoms with Gasteiger partial charge in [0.15, 0.2) is 0 Å². The molecule has 1 nitrogen and oxygen atoms in total. The highest BCUT2D eigenvalue weighted by Gasteiger charge is 2.34. The minimum Gasteiger partial charge on any atom is -0.289 e. The number of piperidine rings is 1. The zero-order chi connectivity index (χ0) is 19.9. The summed E-state index contributed by atoms with van der Waals surface area (Å²) >= 11 is 0. The first-order chi connectivity index (χ1) is 14.9. The highest BCUT2D eigenvalue weighted by molar-refractivity contribution is 6.09. The van der Waals surface area contributed by atoms with Crippen LogP contribution < -0.4 is 0 Å². The number of benzene rings is 4. The van der Waals surface area contributed by atoms with Gasteiger partial charge in [0.05, 0.1) is 0 Å². The normalized spacial score (nSPS) is 21.7. The topological polar surface area (TPSA) is 3.24 Å². The Morgan fingerprint density at radius 3 is 2.10 bits per heavy atom. The second kappa shape index (κ2) is 7.41. The fraction of sp³-hybridized carbons (Fsp3) is 0.241. The van der Waals surface area contributed by atoms with E-state index in [0.717, 1.165) is 13.0 Å². The third kappa shape index (κ3) is 3.05. The van der Waals surface area contributed by atoms with Crippen LogP contribution in [0.3, 0.4) is 0 Å². The molecule has 4 aromatic rings. The Labute approximate surface area is 178 Å². The summed E-state index contributed by atoms with van der Waals surface area (Å²) in [7, 11) is 0. The monoisotopic (exact) mass is 389 g/mol. The Morgan fingerprint density at radius 1 is 0.733 bits per heavy atom. The summed E-state index contributed by atoms with van der Waals surface area (Å²) in [6.45, 7) is 1.07. The van der Waals surface area contributed by atoms with Crippen LogP contribution in [0.15, 0.2) is 91.0 Å². The minimum atomic E-state index is 0.547. The molecule has 0 saturated carbocycles. The van der Waals surface area contributed by atoms with Crippen molar-refractivity contribution in [1.82, 2.24) is 4.90 Å². The van der Waals surface area contributed by atoms with Crippen LogP contribution >= 0.6 is 0 Å². The maximum Gasteiger partial charge on any atom is 0.0290 e. The Bertz CT molecular complexity index is 1180. The van der Waals surface area contributed by atoms with Gasteiger partial charge in [-0.1, -0.05) is 91.4 Å². The highest BCUT2D eigenvalue weighted by atomic mass is 15.2. The number of hydrogen-bond donors (Lipinski definition) is 0. The fourth-order valence-electron chi connectivity index (χ4n) is 5.70. The second-order valence-electron chi connectivity index (χ2n) is 8.90. The first-order valence-corrected chi connectivity index (χ1v) is 11.3. The van der Waals surface area contributed by atoms with E-state index in [2.05, 4.69) is 95.9 Å². The molecule has 2 aliphatic heterocycles. The van der Waals surface area contributed by atoms with Gasteiger partial charge in [0.25, 0.3) is 0 Å². The van der Waals surface area contributed by atoms with E-state index in [4.69, 9.17) is 0 Å². The molecule has 1 saturated heterocycles. The smallest absolute Gasteiger partial charge is 0.0290 e. The molecule has 4 aromatic carbocycles. The first-order valence-electron chi connectivity index (χ1n) is 11.3. The molecule has 0 radical (unpaired) electrons. The summed E-state index contributed by atoms with van der Waals surface area (Å²) in [6, 6.07) is 32.4. The van der Waals surface area contributed by atoms with E-state index in [1.165, 1.54) is 51.9 Å². The standard InChI is InChI=1S/C29H27N/c1-2-9-21(10-3-1)20-30-25-13-8-14-26(30)19-24(18-25)29-27-15-6-4-11-22(27)17-23-12-5-7-16-28(23)29/h1-7,9-12,15-18,25-26H,8,13-14,19-20H2. The van der Waals surface area contributed by atoms with E-state index in [-0.39, 0.29) is 0 Å². The number of nitrogens with zero attached hydrogens (tertiary/aromatic N) is 1. The maximum atomic E-state index is 2.76. The van der Waals surface area contributed by atoms with Crippen LogP contribution in [0.2, 0.25) is 0 Å². The van der Waals surface area contributed by atoms with Crippen LogP contribution in [0.4, 0.5) is 0 Å². The van der Waals surface area contributed by atoms with Gasteiger partial charge in [0.1, 0.15) is 0 Å². The van der Waals surface area contributed by atoms with Crippen molar-refractivity contribution in [3.05, 3.63) is 102 Å². The predicted octanol–water partition coefficient (Wildman–Crippen LogP) is 7.20. The molecule has 30 heavy (non-hydrogen) atoms. The van der Waals surface area contributed by atoms with Gasteiger partial charge in [-0.2, -0.15) is 0 Å². The second-order valence-corrected chi connectivity index (χ2v) is 8.90. The molecule has 2 bridgehead atoms. The van der Waals surface area contributed by atoms with Crippen LogP contribution in [0.1, 0.15) is 36.8 Å². The molecule has 2 unspecified atom stereocenters. The lowest BCUT2D eigenvalue weighted by Gasteiger charge is -2.45. The fourth-order valence-corrected chi connectivity index (χ4v) is 5.70. The Morgan fingerprint density at radius 2 is 1.40 bits per heavy atom. The summed E-state index contributed by atoms with van der Waals surface area (Å²) in [4.78, 5) is 2.76. The quantitative estimate of drug-likeness (QED) is 0.335. The van der Waals surface area contributed by atoms with Gasteiger partial charge in [-0.15, -0.1) is 0 Å². The molecule has 1 heteroatoms. The molecule has 2 aliphatic rings. The largest absolute Gasteiger partial charge is 0.289 e. The molecule has 2 heterocycles. The SMILES string of the molecule is C1=C(c2c3ccccc3cc3ccccc23)CC2CCCC1N2Cc1ccccc1. The molecule has 0 spiro atoms.